The summed E-state index contributed by atoms with van der Waals surface area (Å²) in [5.41, 5.74) is 1.13. The molecule has 122 valence electrons. The number of carbonyl (C=O) groups is 1. The van der Waals surface area contributed by atoms with Crippen LogP contribution in [0.2, 0.25) is 0 Å². The number of rotatable bonds is 5. The van der Waals surface area contributed by atoms with E-state index in [2.05, 4.69) is 17.2 Å². The number of hydrogen-bond acceptors (Lipinski definition) is 5. The molecular weight excluding hydrogens is 312 g/mol. The topological polar surface area (TPSA) is 60.5 Å². The molecule has 0 spiro atoms. The number of aromatic nitrogens is 1. The number of nitrogens with zero attached hydrogens (tertiary/aromatic N) is 1. The first-order chi connectivity index (χ1) is 11.2. The zero-order valence-corrected chi connectivity index (χ0v) is 14.1. The molecule has 1 heterocycles. The summed E-state index contributed by atoms with van der Waals surface area (Å²) >= 11 is 1.57. The SMILES string of the molecule is COc1ccccc1OCC(=O)Nc1nc2c(s1)CC(C)CC2. The minimum Gasteiger partial charge on any atom is -0.493 e. The molecule has 0 bridgehead atoms. The Hall–Kier alpha value is -2.08. The van der Waals surface area contributed by atoms with E-state index in [1.807, 2.05) is 12.1 Å². The summed E-state index contributed by atoms with van der Waals surface area (Å²) in [7, 11) is 1.57. The minimum atomic E-state index is -0.213. The summed E-state index contributed by atoms with van der Waals surface area (Å²) in [4.78, 5) is 17.9. The number of carbonyl (C=O) groups excluding carboxylic acids is 1. The summed E-state index contributed by atoms with van der Waals surface area (Å²) < 4.78 is 10.7. The number of ether oxygens (including phenoxy) is 2. The van der Waals surface area contributed by atoms with Crippen LogP contribution in [0.15, 0.2) is 24.3 Å². The van der Waals surface area contributed by atoms with E-state index < -0.39 is 0 Å². The molecule has 23 heavy (non-hydrogen) atoms. The molecule has 3 rings (SSSR count). The van der Waals surface area contributed by atoms with Crippen LogP contribution in [0.5, 0.6) is 11.5 Å². The van der Waals surface area contributed by atoms with E-state index in [1.165, 1.54) is 11.3 Å². The van der Waals surface area contributed by atoms with E-state index in [9.17, 15) is 4.79 Å². The summed E-state index contributed by atoms with van der Waals surface area (Å²) in [5, 5.41) is 3.49. The Kier molecular flexibility index (Phi) is 4.81. The number of benzene rings is 1. The number of fused-ring (bicyclic) bond motifs is 1. The fourth-order valence-electron chi connectivity index (χ4n) is 2.63. The van der Waals surface area contributed by atoms with Crippen LogP contribution in [0.3, 0.4) is 0 Å². The minimum absolute atomic E-state index is 0.0684. The van der Waals surface area contributed by atoms with Gasteiger partial charge in [0.1, 0.15) is 0 Å². The Morgan fingerprint density at radius 1 is 1.39 bits per heavy atom. The number of hydrogen-bond donors (Lipinski definition) is 1. The lowest BCUT2D eigenvalue weighted by atomic mass is 9.93. The van der Waals surface area contributed by atoms with Crippen molar-refractivity contribution in [1.82, 2.24) is 4.98 Å². The molecule has 1 aromatic carbocycles. The van der Waals surface area contributed by atoms with E-state index >= 15 is 0 Å². The first-order valence-corrected chi connectivity index (χ1v) is 8.51. The third-order valence-electron chi connectivity index (χ3n) is 3.86. The van der Waals surface area contributed by atoms with Crippen molar-refractivity contribution in [1.29, 1.82) is 0 Å². The van der Waals surface area contributed by atoms with Gasteiger partial charge in [0.25, 0.3) is 5.91 Å². The number of anilines is 1. The van der Waals surface area contributed by atoms with Crippen molar-refractivity contribution < 1.29 is 14.3 Å². The van der Waals surface area contributed by atoms with E-state index in [0.717, 1.165) is 18.5 Å². The lowest BCUT2D eigenvalue weighted by Gasteiger charge is -2.15. The van der Waals surface area contributed by atoms with Crippen molar-refractivity contribution in [2.24, 2.45) is 5.92 Å². The summed E-state index contributed by atoms with van der Waals surface area (Å²) in [6.07, 6.45) is 3.22. The third-order valence-corrected chi connectivity index (χ3v) is 4.90. The highest BCUT2D eigenvalue weighted by molar-refractivity contribution is 7.15. The fourth-order valence-corrected chi connectivity index (χ4v) is 3.82. The van der Waals surface area contributed by atoms with Gasteiger partial charge in [0.2, 0.25) is 0 Å². The van der Waals surface area contributed by atoms with Crippen molar-refractivity contribution in [3.05, 3.63) is 34.8 Å². The molecule has 1 amide bonds. The fraction of sp³-hybridized carbons (Fsp3) is 0.412. The molecule has 1 aromatic heterocycles. The summed E-state index contributed by atoms with van der Waals surface area (Å²) in [6.45, 7) is 2.18. The van der Waals surface area contributed by atoms with Crippen LogP contribution in [0.25, 0.3) is 0 Å². The summed E-state index contributed by atoms with van der Waals surface area (Å²) in [6, 6.07) is 7.26. The molecule has 1 atom stereocenters. The van der Waals surface area contributed by atoms with Crippen molar-refractivity contribution in [3.63, 3.8) is 0 Å². The zero-order chi connectivity index (χ0) is 16.2. The Morgan fingerprint density at radius 3 is 2.96 bits per heavy atom. The Morgan fingerprint density at radius 2 is 2.17 bits per heavy atom. The van der Waals surface area contributed by atoms with E-state index in [1.54, 1.807) is 30.6 Å². The number of thiazole rings is 1. The van der Waals surface area contributed by atoms with Crippen molar-refractivity contribution in [2.45, 2.75) is 26.2 Å². The Balaban J connectivity index is 1.57. The maximum Gasteiger partial charge on any atom is 0.264 e. The van der Waals surface area contributed by atoms with Crippen LogP contribution in [0, 0.1) is 5.92 Å². The Bertz CT molecular complexity index is 699. The summed E-state index contributed by atoms with van der Waals surface area (Å²) in [5.74, 6) is 1.65. The number of amides is 1. The monoisotopic (exact) mass is 332 g/mol. The van der Waals surface area contributed by atoms with Gasteiger partial charge >= 0.3 is 0 Å². The maximum absolute atomic E-state index is 12.1. The second kappa shape index (κ2) is 7.00. The third kappa shape index (κ3) is 3.82. The van der Waals surface area contributed by atoms with Gasteiger partial charge in [0.15, 0.2) is 23.2 Å². The number of para-hydroxylation sites is 2. The van der Waals surface area contributed by atoms with Gasteiger partial charge in [-0.25, -0.2) is 4.98 Å². The van der Waals surface area contributed by atoms with E-state index in [-0.39, 0.29) is 12.5 Å². The van der Waals surface area contributed by atoms with Gasteiger partial charge in [-0.15, -0.1) is 11.3 Å². The lowest BCUT2D eigenvalue weighted by Crippen LogP contribution is -2.20. The average molecular weight is 332 g/mol. The molecule has 0 saturated heterocycles. The highest BCUT2D eigenvalue weighted by atomic mass is 32.1. The van der Waals surface area contributed by atoms with Gasteiger partial charge in [0, 0.05) is 4.88 Å². The zero-order valence-electron chi connectivity index (χ0n) is 13.3. The van der Waals surface area contributed by atoms with Crippen LogP contribution in [0.4, 0.5) is 5.13 Å². The maximum atomic E-state index is 12.1. The molecular formula is C17H20N2O3S. The van der Waals surface area contributed by atoms with E-state index in [4.69, 9.17) is 9.47 Å². The molecule has 0 radical (unpaired) electrons. The predicted molar refractivity (Wildman–Crippen MR) is 90.4 cm³/mol. The molecule has 2 aromatic rings. The number of nitrogens with one attached hydrogen (secondary N) is 1. The highest BCUT2D eigenvalue weighted by Crippen LogP contribution is 2.32. The normalized spacial score (nSPS) is 16.5. The molecule has 0 saturated carbocycles. The molecule has 1 unspecified atom stereocenters. The molecule has 1 aliphatic carbocycles. The number of methoxy groups -OCH3 is 1. The molecule has 1 aliphatic rings. The largest absolute Gasteiger partial charge is 0.493 e. The van der Waals surface area contributed by atoms with Crippen molar-refractivity contribution >= 4 is 22.4 Å². The van der Waals surface area contributed by atoms with Crippen LogP contribution < -0.4 is 14.8 Å². The lowest BCUT2D eigenvalue weighted by molar-refractivity contribution is -0.118. The second-order valence-electron chi connectivity index (χ2n) is 5.72. The highest BCUT2D eigenvalue weighted by Gasteiger charge is 2.20. The second-order valence-corrected chi connectivity index (χ2v) is 6.81. The van der Waals surface area contributed by atoms with Gasteiger partial charge in [-0.1, -0.05) is 19.1 Å². The van der Waals surface area contributed by atoms with Crippen LogP contribution in [-0.4, -0.2) is 24.6 Å². The molecule has 0 aliphatic heterocycles. The van der Waals surface area contributed by atoms with Gasteiger partial charge < -0.3 is 9.47 Å². The number of aryl methyl sites for hydroxylation is 1. The van der Waals surface area contributed by atoms with Gasteiger partial charge in [0.05, 0.1) is 12.8 Å². The van der Waals surface area contributed by atoms with Crippen molar-refractivity contribution in [3.8, 4) is 11.5 Å². The first kappa shape index (κ1) is 15.8. The molecule has 5 nitrogen and oxygen atoms in total. The smallest absolute Gasteiger partial charge is 0.264 e. The van der Waals surface area contributed by atoms with Crippen molar-refractivity contribution in [2.75, 3.05) is 19.0 Å². The molecule has 6 heteroatoms. The molecule has 1 N–H and O–H groups in total. The van der Waals surface area contributed by atoms with Crippen LogP contribution in [-0.2, 0) is 17.6 Å². The van der Waals surface area contributed by atoms with Crippen LogP contribution >= 0.6 is 11.3 Å². The van der Waals surface area contributed by atoms with Gasteiger partial charge in [-0.05, 0) is 37.3 Å². The quantitative estimate of drug-likeness (QED) is 0.913. The van der Waals surface area contributed by atoms with E-state index in [0.29, 0.717) is 22.5 Å². The predicted octanol–water partition coefficient (Wildman–Crippen LogP) is 3.29. The average Bonchev–Trinajstić information content (AvgIpc) is 2.94. The van der Waals surface area contributed by atoms with Gasteiger partial charge in [-0.2, -0.15) is 0 Å². The van der Waals surface area contributed by atoms with Crippen LogP contribution in [0.1, 0.15) is 23.9 Å². The molecule has 0 fully saturated rings. The first-order valence-electron chi connectivity index (χ1n) is 7.70. The Labute approximate surface area is 139 Å². The standard InChI is InChI=1S/C17H20N2O3S/c1-11-7-8-12-15(9-11)23-17(18-12)19-16(20)10-22-14-6-4-3-5-13(14)21-2/h3-6,11H,7-10H2,1-2H3,(H,18,19,20). The van der Waals surface area contributed by atoms with Gasteiger partial charge in [-0.3, -0.25) is 10.1 Å².